The molecular formula is C17H18F3N3O2. The molecule has 0 spiro atoms. The summed E-state index contributed by atoms with van der Waals surface area (Å²) < 4.78 is 39.2. The first kappa shape index (κ1) is 18.7. The lowest BCUT2D eigenvalue weighted by Gasteiger charge is -2.07. The van der Waals surface area contributed by atoms with Gasteiger partial charge in [-0.3, -0.25) is 0 Å². The van der Waals surface area contributed by atoms with Gasteiger partial charge in [0.1, 0.15) is 0 Å². The van der Waals surface area contributed by atoms with E-state index in [1.165, 1.54) is 16.8 Å². The summed E-state index contributed by atoms with van der Waals surface area (Å²) in [6, 6.07) is 2.17. The van der Waals surface area contributed by atoms with Crippen LogP contribution in [0.2, 0.25) is 0 Å². The fraction of sp³-hybridized carbons (Fsp3) is 0.353. The predicted molar refractivity (Wildman–Crippen MR) is 86.2 cm³/mol. The highest BCUT2D eigenvalue weighted by atomic mass is 19.4. The Morgan fingerprint density at radius 3 is 2.64 bits per heavy atom. The monoisotopic (exact) mass is 353 g/mol. The number of aliphatic carboxylic acids is 1. The van der Waals surface area contributed by atoms with Crippen molar-refractivity contribution in [3.05, 3.63) is 47.4 Å². The van der Waals surface area contributed by atoms with Gasteiger partial charge in [0, 0.05) is 24.0 Å². The minimum Gasteiger partial charge on any atom is -0.478 e. The summed E-state index contributed by atoms with van der Waals surface area (Å²) in [7, 11) is 0. The predicted octanol–water partition coefficient (Wildman–Crippen LogP) is 3.97. The molecule has 2 aromatic rings. The topological polar surface area (TPSA) is 68.0 Å². The second-order valence-corrected chi connectivity index (χ2v) is 5.77. The maximum Gasteiger partial charge on any atom is 0.417 e. The fourth-order valence-corrected chi connectivity index (χ4v) is 2.16. The number of pyridine rings is 1. The number of hydrogen-bond acceptors (Lipinski definition) is 3. The van der Waals surface area contributed by atoms with Gasteiger partial charge >= 0.3 is 12.1 Å². The van der Waals surface area contributed by atoms with E-state index in [9.17, 15) is 18.0 Å². The number of aromatic nitrogens is 3. The van der Waals surface area contributed by atoms with E-state index in [1.807, 2.05) is 13.8 Å². The molecule has 1 unspecified atom stereocenters. The molecule has 0 amide bonds. The van der Waals surface area contributed by atoms with Crippen LogP contribution in [-0.4, -0.2) is 25.8 Å². The van der Waals surface area contributed by atoms with Crippen molar-refractivity contribution >= 4 is 12.0 Å². The van der Waals surface area contributed by atoms with E-state index < -0.39 is 17.7 Å². The number of nitrogens with zero attached hydrogens (tertiary/aromatic N) is 3. The Bertz CT molecular complexity index is 764. The van der Waals surface area contributed by atoms with Crippen molar-refractivity contribution in [3.8, 4) is 5.82 Å². The van der Waals surface area contributed by atoms with Gasteiger partial charge in [0.2, 0.25) is 0 Å². The smallest absolute Gasteiger partial charge is 0.417 e. The normalized spacial score (nSPS) is 13.3. The van der Waals surface area contributed by atoms with Crippen LogP contribution in [0.5, 0.6) is 0 Å². The summed E-state index contributed by atoms with van der Waals surface area (Å²) in [6.07, 6.45) is 1.84. The molecule has 0 saturated heterocycles. The molecule has 0 radical (unpaired) electrons. The van der Waals surface area contributed by atoms with Crippen LogP contribution < -0.4 is 0 Å². The summed E-state index contributed by atoms with van der Waals surface area (Å²) in [4.78, 5) is 14.5. The maximum atomic E-state index is 12.6. The lowest BCUT2D eigenvalue weighted by atomic mass is 10.0. The summed E-state index contributed by atoms with van der Waals surface area (Å²) in [5, 5.41) is 13.2. The lowest BCUT2D eigenvalue weighted by molar-refractivity contribution is -0.137. The highest BCUT2D eigenvalue weighted by Crippen LogP contribution is 2.28. The van der Waals surface area contributed by atoms with E-state index in [-0.39, 0.29) is 5.82 Å². The van der Waals surface area contributed by atoms with E-state index in [4.69, 9.17) is 5.11 Å². The van der Waals surface area contributed by atoms with Crippen molar-refractivity contribution < 1.29 is 23.1 Å². The minimum absolute atomic E-state index is 0.230. The quantitative estimate of drug-likeness (QED) is 0.798. The van der Waals surface area contributed by atoms with E-state index in [1.54, 1.807) is 6.20 Å². The first-order valence-corrected chi connectivity index (χ1v) is 7.74. The van der Waals surface area contributed by atoms with Crippen LogP contribution in [0.15, 0.2) is 30.6 Å². The van der Waals surface area contributed by atoms with E-state index in [0.717, 1.165) is 24.8 Å². The fourth-order valence-electron chi connectivity index (χ4n) is 2.16. The van der Waals surface area contributed by atoms with Gasteiger partial charge < -0.3 is 5.11 Å². The Labute approximate surface area is 142 Å². The van der Waals surface area contributed by atoms with Gasteiger partial charge in [0.15, 0.2) is 5.82 Å². The Morgan fingerprint density at radius 2 is 2.12 bits per heavy atom. The van der Waals surface area contributed by atoms with Crippen LogP contribution >= 0.6 is 0 Å². The molecule has 2 heterocycles. The second-order valence-electron chi connectivity index (χ2n) is 5.77. The Hall–Kier alpha value is -2.64. The molecule has 5 nitrogen and oxygen atoms in total. The zero-order chi connectivity index (χ0) is 18.6. The van der Waals surface area contributed by atoms with Crippen molar-refractivity contribution in [2.24, 2.45) is 5.92 Å². The number of rotatable bonds is 6. The third-order valence-corrected chi connectivity index (χ3v) is 3.78. The first-order chi connectivity index (χ1) is 11.7. The van der Waals surface area contributed by atoms with E-state index in [0.29, 0.717) is 23.6 Å². The van der Waals surface area contributed by atoms with Crippen LogP contribution in [0.4, 0.5) is 13.2 Å². The Morgan fingerprint density at radius 1 is 1.40 bits per heavy atom. The van der Waals surface area contributed by atoms with Crippen molar-refractivity contribution in [1.29, 1.82) is 0 Å². The average molecular weight is 353 g/mol. The van der Waals surface area contributed by atoms with Gasteiger partial charge in [-0.2, -0.15) is 18.3 Å². The minimum atomic E-state index is -4.45. The first-order valence-electron chi connectivity index (χ1n) is 7.74. The van der Waals surface area contributed by atoms with Crippen LogP contribution in [-0.2, 0) is 17.4 Å². The molecule has 0 aromatic carbocycles. The highest BCUT2D eigenvalue weighted by Gasteiger charge is 2.30. The van der Waals surface area contributed by atoms with Crippen molar-refractivity contribution in [2.45, 2.75) is 32.9 Å². The van der Waals surface area contributed by atoms with Gasteiger partial charge in [-0.05, 0) is 30.5 Å². The zero-order valence-corrected chi connectivity index (χ0v) is 13.8. The molecule has 0 aliphatic rings. The number of alkyl halides is 3. The average Bonchev–Trinajstić information content (AvgIpc) is 2.95. The molecular weight excluding hydrogens is 335 g/mol. The Kier molecular flexibility index (Phi) is 5.61. The molecule has 2 aromatic heterocycles. The van der Waals surface area contributed by atoms with E-state index >= 15 is 0 Å². The van der Waals surface area contributed by atoms with Gasteiger partial charge in [0.05, 0.1) is 11.3 Å². The van der Waals surface area contributed by atoms with Crippen molar-refractivity contribution in [3.63, 3.8) is 0 Å². The number of carboxylic acids is 1. The number of hydrogen-bond donors (Lipinski definition) is 1. The van der Waals surface area contributed by atoms with Crippen LogP contribution in [0.3, 0.4) is 0 Å². The molecule has 0 bridgehead atoms. The molecule has 25 heavy (non-hydrogen) atoms. The third kappa shape index (κ3) is 4.91. The molecule has 0 saturated carbocycles. The summed E-state index contributed by atoms with van der Waals surface area (Å²) in [5.41, 5.74) is 0.437. The third-order valence-electron chi connectivity index (χ3n) is 3.78. The second kappa shape index (κ2) is 7.50. The number of carbonyl (C=O) groups is 1. The highest BCUT2D eigenvalue weighted by molar-refractivity contribution is 5.85. The van der Waals surface area contributed by atoms with Crippen LogP contribution in [0, 0.1) is 5.92 Å². The SMILES string of the molecule is CCC(C)Cc1nn(-c2ccc(C(F)(F)F)cn2)cc1C=CC(=O)O. The maximum absolute atomic E-state index is 12.6. The molecule has 8 heteroatoms. The summed E-state index contributed by atoms with van der Waals surface area (Å²) in [5.74, 6) is -0.524. The van der Waals surface area contributed by atoms with Crippen LogP contribution in [0.1, 0.15) is 37.1 Å². The van der Waals surface area contributed by atoms with E-state index in [2.05, 4.69) is 10.1 Å². The number of carboxylic acid groups (broad SMARTS) is 1. The number of halogens is 3. The van der Waals surface area contributed by atoms with Crippen LogP contribution in [0.25, 0.3) is 11.9 Å². The molecule has 0 fully saturated rings. The largest absolute Gasteiger partial charge is 0.478 e. The Balaban J connectivity index is 2.37. The summed E-state index contributed by atoms with van der Waals surface area (Å²) in [6.45, 7) is 4.08. The molecule has 0 aliphatic heterocycles. The van der Waals surface area contributed by atoms with Gasteiger partial charge in [0.25, 0.3) is 0 Å². The molecule has 0 aliphatic carbocycles. The standard InChI is InChI=1S/C17H18F3N3O2/c1-3-11(2)8-14-12(4-7-16(24)25)10-23(22-14)15-6-5-13(9-21-15)17(18,19)20/h4-7,9-11H,3,8H2,1-2H3,(H,24,25). The zero-order valence-electron chi connectivity index (χ0n) is 13.8. The molecule has 134 valence electrons. The van der Waals surface area contributed by atoms with Gasteiger partial charge in [-0.15, -0.1) is 0 Å². The molecule has 2 rings (SSSR count). The van der Waals surface area contributed by atoms with Gasteiger partial charge in [-0.25, -0.2) is 14.5 Å². The lowest BCUT2D eigenvalue weighted by Crippen LogP contribution is -2.07. The van der Waals surface area contributed by atoms with Gasteiger partial charge in [-0.1, -0.05) is 20.3 Å². The molecule has 1 atom stereocenters. The molecule has 1 N–H and O–H groups in total. The van der Waals surface area contributed by atoms with Crippen molar-refractivity contribution in [2.75, 3.05) is 0 Å². The van der Waals surface area contributed by atoms with Crippen molar-refractivity contribution in [1.82, 2.24) is 14.8 Å². The summed E-state index contributed by atoms with van der Waals surface area (Å²) >= 11 is 0.